The lowest BCUT2D eigenvalue weighted by molar-refractivity contribution is -0.384. The van der Waals surface area contributed by atoms with Crippen LogP contribution in [-0.2, 0) is 4.79 Å². The minimum atomic E-state index is -0.945. The molecule has 0 saturated carbocycles. The molecular formula is C31H29N3O4. The van der Waals surface area contributed by atoms with Crippen LogP contribution in [0.3, 0.4) is 0 Å². The lowest BCUT2D eigenvalue weighted by Crippen LogP contribution is -2.50. The van der Waals surface area contributed by atoms with E-state index in [0.29, 0.717) is 35.4 Å². The number of aryl methyl sites for hydroxylation is 1. The van der Waals surface area contributed by atoms with Gasteiger partial charge in [-0.2, -0.15) is 0 Å². The molecule has 2 atom stereocenters. The number of carbonyl (C=O) groups excluding carboxylic acids is 2. The van der Waals surface area contributed by atoms with Crippen molar-refractivity contribution in [1.82, 2.24) is 0 Å². The summed E-state index contributed by atoms with van der Waals surface area (Å²) in [6.45, 7) is 6.03. The molecule has 38 heavy (non-hydrogen) atoms. The SMILES string of the molecule is Cc1ccc(C2C3=C(CC(C)(C)CC3=O)N(c3ccc([N+](=O)[O-])cc3)C(=N)C2C(=O)c2ccccc2)cc1. The average Bonchev–Trinajstić information content (AvgIpc) is 2.88. The number of rotatable bonds is 5. The maximum absolute atomic E-state index is 14.1. The van der Waals surface area contributed by atoms with Gasteiger partial charge in [-0.25, -0.2) is 0 Å². The molecule has 3 aromatic rings. The molecular weight excluding hydrogens is 478 g/mol. The van der Waals surface area contributed by atoms with Crippen molar-refractivity contribution in [2.24, 2.45) is 11.3 Å². The van der Waals surface area contributed by atoms with Gasteiger partial charge in [-0.15, -0.1) is 0 Å². The van der Waals surface area contributed by atoms with Crippen LogP contribution in [0.2, 0.25) is 0 Å². The van der Waals surface area contributed by atoms with Crippen molar-refractivity contribution in [1.29, 1.82) is 5.41 Å². The number of nitro groups is 1. The molecule has 2 unspecified atom stereocenters. The van der Waals surface area contributed by atoms with Crippen LogP contribution in [0.4, 0.5) is 11.4 Å². The number of anilines is 1. The summed E-state index contributed by atoms with van der Waals surface area (Å²) in [4.78, 5) is 40.5. The standard InChI is InChI=1S/C31H29N3O4/c1-19-9-11-20(12-10-19)26-27-24(17-31(2,3)18-25(27)35)33(22-13-15-23(16-14-22)34(37)38)30(32)28(26)29(36)21-7-5-4-6-8-21/h4-16,26,28,32H,17-18H2,1-3H3. The molecule has 0 aromatic heterocycles. The third-order valence-electron chi connectivity index (χ3n) is 7.44. The van der Waals surface area contributed by atoms with E-state index in [2.05, 4.69) is 0 Å². The monoisotopic (exact) mass is 507 g/mol. The van der Waals surface area contributed by atoms with Crippen molar-refractivity contribution in [3.8, 4) is 0 Å². The van der Waals surface area contributed by atoms with Gasteiger partial charge in [-0.3, -0.25) is 25.1 Å². The van der Waals surface area contributed by atoms with Gasteiger partial charge in [0.25, 0.3) is 5.69 Å². The molecule has 0 fully saturated rings. The summed E-state index contributed by atoms with van der Waals surface area (Å²) in [5, 5.41) is 20.7. The first-order valence-electron chi connectivity index (χ1n) is 12.6. The van der Waals surface area contributed by atoms with Gasteiger partial charge in [0.1, 0.15) is 5.84 Å². The molecule has 1 aliphatic carbocycles. The van der Waals surface area contributed by atoms with Crippen LogP contribution in [-0.4, -0.2) is 22.3 Å². The number of allylic oxidation sites excluding steroid dienone is 2. The Morgan fingerprint density at radius 1 is 0.974 bits per heavy atom. The molecule has 1 heterocycles. The first kappa shape index (κ1) is 25.3. The molecule has 7 heteroatoms. The summed E-state index contributed by atoms with van der Waals surface area (Å²) in [7, 11) is 0. The second-order valence-corrected chi connectivity index (χ2v) is 10.9. The number of hydrogen-bond donors (Lipinski definition) is 1. The van der Waals surface area contributed by atoms with Crippen molar-refractivity contribution in [2.75, 3.05) is 4.90 Å². The smallest absolute Gasteiger partial charge is 0.269 e. The minimum Gasteiger partial charge on any atom is -0.302 e. The normalized spacial score (nSPS) is 20.8. The minimum absolute atomic E-state index is 0.0351. The van der Waals surface area contributed by atoms with Crippen LogP contribution in [0.25, 0.3) is 0 Å². The molecule has 0 saturated heterocycles. The van der Waals surface area contributed by atoms with Crippen LogP contribution in [0.1, 0.15) is 54.1 Å². The van der Waals surface area contributed by atoms with Gasteiger partial charge in [-0.1, -0.05) is 74.0 Å². The van der Waals surface area contributed by atoms with E-state index in [1.54, 1.807) is 41.3 Å². The van der Waals surface area contributed by atoms with Gasteiger partial charge in [0, 0.05) is 47.0 Å². The third kappa shape index (κ3) is 4.45. The highest BCUT2D eigenvalue weighted by Gasteiger charge is 2.50. The molecule has 7 nitrogen and oxygen atoms in total. The summed E-state index contributed by atoms with van der Waals surface area (Å²) >= 11 is 0. The molecule has 3 aromatic carbocycles. The Morgan fingerprint density at radius 3 is 2.21 bits per heavy atom. The molecule has 1 N–H and O–H groups in total. The predicted molar refractivity (Wildman–Crippen MR) is 147 cm³/mol. The third-order valence-corrected chi connectivity index (χ3v) is 7.44. The van der Waals surface area contributed by atoms with E-state index in [1.165, 1.54) is 12.1 Å². The zero-order valence-electron chi connectivity index (χ0n) is 21.6. The fourth-order valence-corrected chi connectivity index (χ4v) is 5.67. The Kier molecular flexibility index (Phi) is 6.31. The van der Waals surface area contributed by atoms with E-state index >= 15 is 0 Å². The highest BCUT2D eigenvalue weighted by Crippen LogP contribution is 2.51. The second kappa shape index (κ2) is 9.49. The number of Topliss-reactive ketones (excluding diaryl/α,β-unsaturated/α-hetero) is 2. The number of amidine groups is 1. The Labute approximate surface area is 221 Å². The Morgan fingerprint density at radius 2 is 1.61 bits per heavy atom. The fraction of sp³-hybridized carbons (Fsp3) is 0.258. The van der Waals surface area contributed by atoms with Gasteiger partial charge < -0.3 is 4.90 Å². The lowest BCUT2D eigenvalue weighted by Gasteiger charge is -2.47. The largest absolute Gasteiger partial charge is 0.302 e. The van der Waals surface area contributed by atoms with Crippen LogP contribution < -0.4 is 4.90 Å². The van der Waals surface area contributed by atoms with Crippen molar-refractivity contribution in [3.05, 3.63) is 117 Å². The lowest BCUT2D eigenvalue weighted by atomic mass is 9.65. The maximum atomic E-state index is 14.1. The van der Waals surface area contributed by atoms with Crippen LogP contribution in [0, 0.1) is 33.8 Å². The number of carbonyl (C=O) groups is 2. The molecule has 0 bridgehead atoms. The number of benzene rings is 3. The summed E-state index contributed by atoms with van der Waals surface area (Å²) in [5.74, 6) is -1.77. The average molecular weight is 508 g/mol. The van der Waals surface area contributed by atoms with E-state index in [9.17, 15) is 25.1 Å². The van der Waals surface area contributed by atoms with Crippen LogP contribution >= 0.6 is 0 Å². The Hall–Kier alpha value is -4.39. The number of ketones is 2. The van der Waals surface area contributed by atoms with E-state index < -0.39 is 16.8 Å². The van der Waals surface area contributed by atoms with E-state index in [-0.39, 0.29) is 28.5 Å². The Balaban J connectivity index is 1.77. The van der Waals surface area contributed by atoms with Crippen LogP contribution in [0.15, 0.2) is 90.1 Å². The van der Waals surface area contributed by atoms with Gasteiger partial charge in [-0.05, 0) is 36.5 Å². The van der Waals surface area contributed by atoms with Crippen molar-refractivity contribution in [2.45, 2.75) is 39.5 Å². The number of nitro benzene ring substituents is 1. The van der Waals surface area contributed by atoms with Crippen LogP contribution in [0.5, 0.6) is 0 Å². The van der Waals surface area contributed by atoms with Gasteiger partial charge >= 0.3 is 0 Å². The summed E-state index contributed by atoms with van der Waals surface area (Å²) in [5.41, 5.74) is 3.69. The Bertz CT molecular complexity index is 1470. The predicted octanol–water partition coefficient (Wildman–Crippen LogP) is 6.63. The highest BCUT2D eigenvalue weighted by atomic mass is 16.6. The summed E-state index contributed by atoms with van der Waals surface area (Å²) in [6, 6.07) is 22.6. The van der Waals surface area contributed by atoms with Gasteiger partial charge in [0.05, 0.1) is 10.8 Å². The van der Waals surface area contributed by atoms with Gasteiger partial charge in [0.2, 0.25) is 0 Å². The number of nitrogens with zero attached hydrogens (tertiary/aromatic N) is 2. The molecule has 192 valence electrons. The van der Waals surface area contributed by atoms with Crippen molar-refractivity contribution < 1.29 is 14.5 Å². The second-order valence-electron chi connectivity index (χ2n) is 10.9. The van der Waals surface area contributed by atoms with Crippen molar-refractivity contribution in [3.63, 3.8) is 0 Å². The number of nitrogens with one attached hydrogen (secondary N) is 1. The molecule has 0 amide bonds. The number of hydrogen-bond acceptors (Lipinski definition) is 5. The molecule has 0 spiro atoms. The topological polar surface area (TPSA) is 104 Å². The molecule has 0 radical (unpaired) electrons. The molecule has 5 rings (SSSR count). The molecule has 1 aliphatic heterocycles. The van der Waals surface area contributed by atoms with Crippen molar-refractivity contribution >= 4 is 28.8 Å². The highest BCUT2D eigenvalue weighted by molar-refractivity contribution is 6.20. The summed E-state index contributed by atoms with van der Waals surface area (Å²) < 4.78 is 0. The van der Waals surface area contributed by atoms with E-state index in [4.69, 9.17) is 0 Å². The first-order chi connectivity index (χ1) is 18.1. The quantitative estimate of drug-likeness (QED) is 0.237. The maximum Gasteiger partial charge on any atom is 0.269 e. The first-order valence-corrected chi connectivity index (χ1v) is 12.6. The van der Waals surface area contributed by atoms with E-state index in [1.807, 2.05) is 51.1 Å². The zero-order valence-corrected chi connectivity index (χ0v) is 21.6. The zero-order chi connectivity index (χ0) is 27.2. The number of non-ortho nitro benzene ring substituents is 1. The van der Waals surface area contributed by atoms with Gasteiger partial charge in [0.15, 0.2) is 11.6 Å². The molecule has 2 aliphatic rings. The fourth-order valence-electron chi connectivity index (χ4n) is 5.67. The summed E-state index contributed by atoms with van der Waals surface area (Å²) in [6.07, 6.45) is 0.865. The van der Waals surface area contributed by atoms with E-state index in [0.717, 1.165) is 11.1 Å².